The molecule has 6 heteroatoms. The maximum atomic E-state index is 11.9. The molecule has 0 unspecified atom stereocenters. The molecule has 2 aliphatic rings. The van der Waals surface area contributed by atoms with Crippen LogP contribution in [0.25, 0.3) is 0 Å². The summed E-state index contributed by atoms with van der Waals surface area (Å²) in [6.07, 6.45) is 1.22. The molecule has 1 aromatic heterocycles. The number of rotatable bonds is 1. The van der Waals surface area contributed by atoms with E-state index in [4.69, 9.17) is 10.5 Å². The third-order valence-electron chi connectivity index (χ3n) is 5.01. The molecule has 3 rings (SSSR count). The number of carboxylic acids is 1. The van der Waals surface area contributed by atoms with Crippen LogP contribution < -0.4 is 0 Å². The Morgan fingerprint density at radius 2 is 1.90 bits per heavy atom. The highest BCUT2D eigenvalue weighted by atomic mass is 16.4. The van der Waals surface area contributed by atoms with Gasteiger partial charge in [-0.2, -0.15) is 10.5 Å². The van der Waals surface area contributed by atoms with Gasteiger partial charge in [0, 0.05) is 5.92 Å². The quantitative estimate of drug-likeness (QED) is 0.825. The lowest BCUT2D eigenvalue weighted by molar-refractivity contribution is -0.147. The molecule has 1 heterocycles. The normalized spacial score (nSPS) is 28.5. The van der Waals surface area contributed by atoms with E-state index in [2.05, 4.69) is 9.97 Å². The van der Waals surface area contributed by atoms with E-state index in [1.54, 1.807) is 0 Å². The van der Waals surface area contributed by atoms with Crippen molar-refractivity contribution >= 4 is 5.97 Å². The van der Waals surface area contributed by atoms with Gasteiger partial charge < -0.3 is 5.11 Å². The molecule has 0 aromatic carbocycles. The fourth-order valence-corrected chi connectivity index (χ4v) is 3.89. The molecule has 2 atom stereocenters. The van der Waals surface area contributed by atoms with Crippen molar-refractivity contribution in [1.29, 1.82) is 10.5 Å². The van der Waals surface area contributed by atoms with Gasteiger partial charge in [-0.25, -0.2) is 9.97 Å². The summed E-state index contributed by atoms with van der Waals surface area (Å²) in [5, 5.41) is 27.8. The first-order valence-electron chi connectivity index (χ1n) is 6.36. The van der Waals surface area contributed by atoms with Crippen LogP contribution in [0.3, 0.4) is 0 Å². The van der Waals surface area contributed by atoms with Gasteiger partial charge in [-0.15, -0.1) is 0 Å². The van der Waals surface area contributed by atoms with Crippen LogP contribution in [0.15, 0.2) is 0 Å². The van der Waals surface area contributed by atoms with E-state index < -0.39 is 16.8 Å². The van der Waals surface area contributed by atoms with Crippen LogP contribution in [0.1, 0.15) is 55.4 Å². The summed E-state index contributed by atoms with van der Waals surface area (Å²) < 4.78 is 0. The summed E-state index contributed by atoms with van der Waals surface area (Å²) in [6, 6.07) is 3.69. The topological polar surface area (TPSA) is 111 Å². The molecule has 1 fully saturated rings. The Bertz CT molecular complexity index is 726. The van der Waals surface area contributed by atoms with Crippen molar-refractivity contribution in [2.45, 2.75) is 38.0 Å². The zero-order valence-corrected chi connectivity index (χ0v) is 11.1. The summed E-state index contributed by atoms with van der Waals surface area (Å²) >= 11 is 0. The van der Waals surface area contributed by atoms with E-state index in [0.717, 1.165) is 6.42 Å². The second kappa shape index (κ2) is 3.55. The van der Waals surface area contributed by atoms with Crippen LogP contribution in [0.2, 0.25) is 0 Å². The Labute approximate surface area is 115 Å². The second-order valence-corrected chi connectivity index (χ2v) is 5.90. The summed E-state index contributed by atoms with van der Waals surface area (Å²) in [5.41, 5.74) is -0.756. The minimum atomic E-state index is -1.10. The van der Waals surface area contributed by atoms with Gasteiger partial charge in [-0.05, 0) is 18.3 Å². The first-order chi connectivity index (χ1) is 9.40. The third-order valence-corrected chi connectivity index (χ3v) is 5.01. The van der Waals surface area contributed by atoms with Gasteiger partial charge in [-0.3, -0.25) is 4.79 Å². The molecule has 20 heavy (non-hydrogen) atoms. The number of aliphatic carboxylic acids is 1. The number of hydrogen-bond donors (Lipinski definition) is 1. The average molecular weight is 268 g/mol. The molecule has 1 N–H and O–H groups in total. The number of fused-ring (bicyclic) bond motifs is 5. The lowest BCUT2D eigenvalue weighted by Crippen LogP contribution is -2.43. The highest BCUT2D eigenvalue weighted by molar-refractivity contribution is 5.85. The van der Waals surface area contributed by atoms with Crippen molar-refractivity contribution in [2.75, 3.05) is 0 Å². The summed E-state index contributed by atoms with van der Waals surface area (Å²) in [7, 11) is 0. The van der Waals surface area contributed by atoms with Crippen LogP contribution >= 0.6 is 0 Å². The molecule has 0 radical (unpaired) electrons. The minimum Gasteiger partial charge on any atom is -0.481 e. The van der Waals surface area contributed by atoms with Gasteiger partial charge in [0.05, 0.1) is 11.4 Å². The predicted octanol–water partition coefficient (Wildman–Crippen LogP) is 1.46. The molecule has 1 aromatic rings. The van der Waals surface area contributed by atoms with Crippen molar-refractivity contribution in [3.05, 3.63) is 22.8 Å². The SMILES string of the molecule is CC1(C)[C@H]2CC[C@]1(C(=O)O)c1nc(C#N)c(C#N)nc12. The highest BCUT2D eigenvalue weighted by Gasteiger charge is 2.68. The number of carboxylic acid groups (broad SMARTS) is 1. The number of aromatic nitrogens is 2. The molecule has 0 aliphatic heterocycles. The first-order valence-corrected chi connectivity index (χ1v) is 6.36. The molecule has 0 amide bonds. The van der Waals surface area contributed by atoms with Gasteiger partial charge in [0.1, 0.15) is 17.6 Å². The van der Waals surface area contributed by atoms with Crippen LogP contribution in [-0.4, -0.2) is 21.0 Å². The maximum absolute atomic E-state index is 11.9. The van der Waals surface area contributed by atoms with Crippen molar-refractivity contribution in [2.24, 2.45) is 5.41 Å². The zero-order chi connectivity index (χ0) is 14.7. The molecule has 0 spiro atoms. The molecule has 2 bridgehead atoms. The fraction of sp³-hybridized carbons (Fsp3) is 0.500. The van der Waals surface area contributed by atoms with Gasteiger partial charge in [-0.1, -0.05) is 13.8 Å². The van der Waals surface area contributed by atoms with E-state index in [1.165, 1.54) is 0 Å². The van der Waals surface area contributed by atoms with Gasteiger partial charge in [0.25, 0.3) is 0 Å². The van der Waals surface area contributed by atoms with Crippen molar-refractivity contribution in [3.63, 3.8) is 0 Å². The molecular formula is C14H12N4O2. The summed E-state index contributed by atoms with van der Waals surface area (Å²) in [5.74, 6) is -0.951. The van der Waals surface area contributed by atoms with Crippen molar-refractivity contribution < 1.29 is 9.90 Å². The third kappa shape index (κ3) is 1.10. The minimum absolute atomic E-state index is 0.0184. The Kier molecular flexibility index (Phi) is 2.23. The van der Waals surface area contributed by atoms with E-state index >= 15 is 0 Å². The van der Waals surface area contributed by atoms with Crippen LogP contribution in [-0.2, 0) is 10.2 Å². The lowest BCUT2D eigenvalue weighted by Gasteiger charge is -2.33. The van der Waals surface area contributed by atoms with Crippen LogP contribution in [0.4, 0.5) is 0 Å². The highest BCUT2D eigenvalue weighted by Crippen LogP contribution is 2.66. The van der Waals surface area contributed by atoms with Gasteiger partial charge in [0.15, 0.2) is 11.4 Å². The predicted molar refractivity (Wildman–Crippen MR) is 66.5 cm³/mol. The molecule has 0 saturated heterocycles. The number of carbonyl (C=O) groups is 1. The van der Waals surface area contributed by atoms with Crippen LogP contribution in [0.5, 0.6) is 0 Å². The Morgan fingerprint density at radius 3 is 2.45 bits per heavy atom. The number of nitriles is 2. The molecule has 6 nitrogen and oxygen atoms in total. The molecular weight excluding hydrogens is 256 g/mol. The lowest BCUT2D eigenvalue weighted by atomic mass is 9.68. The number of hydrogen-bond acceptors (Lipinski definition) is 5. The Morgan fingerprint density at radius 1 is 1.30 bits per heavy atom. The number of nitrogens with zero attached hydrogens (tertiary/aromatic N) is 4. The zero-order valence-electron chi connectivity index (χ0n) is 11.1. The first kappa shape index (κ1) is 12.6. The van der Waals surface area contributed by atoms with E-state index in [0.29, 0.717) is 17.8 Å². The van der Waals surface area contributed by atoms with Gasteiger partial charge in [0.2, 0.25) is 0 Å². The summed E-state index contributed by atoms with van der Waals surface area (Å²) in [6.45, 7) is 3.81. The summed E-state index contributed by atoms with van der Waals surface area (Å²) in [4.78, 5) is 20.3. The molecule has 100 valence electrons. The largest absolute Gasteiger partial charge is 0.481 e. The standard InChI is InChI=1S/C14H12N4O2/c1-13(2)7-3-4-14(13,12(19)20)11-10(7)17-8(5-15)9(6-16)18-11/h7H,3-4H2,1-2H3,(H,19,20)/t7-,14+/m0/s1. The molecule has 1 saturated carbocycles. The smallest absolute Gasteiger partial charge is 0.316 e. The van der Waals surface area contributed by atoms with E-state index in [-0.39, 0.29) is 17.3 Å². The van der Waals surface area contributed by atoms with E-state index in [9.17, 15) is 9.90 Å². The fourth-order valence-electron chi connectivity index (χ4n) is 3.89. The van der Waals surface area contributed by atoms with Crippen molar-refractivity contribution in [1.82, 2.24) is 9.97 Å². The Hall–Kier alpha value is -2.47. The maximum Gasteiger partial charge on any atom is 0.316 e. The Balaban J connectivity index is 2.37. The van der Waals surface area contributed by atoms with Gasteiger partial charge >= 0.3 is 5.97 Å². The monoisotopic (exact) mass is 268 g/mol. The molecule has 2 aliphatic carbocycles. The van der Waals surface area contributed by atoms with Crippen molar-refractivity contribution in [3.8, 4) is 12.1 Å². The second-order valence-electron chi connectivity index (χ2n) is 5.90. The average Bonchev–Trinajstić information content (AvgIpc) is 2.80. The van der Waals surface area contributed by atoms with E-state index in [1.807, 2.05) is 26.0 Å². The van der Waals surface area contributed by atoms with Crippen LogP contribution in [0, 0.1) is 28.1 Å².